The quantitative estimate of drug-likeness (QED) is 0.237. The molecule has 41 heavy (non-hydrogen) atoms. The predicted molar refractivity (Wildman–Crippen MR) is 149 cm³/mol. The maximum absolute atomic E-state index is 15.1. The third kappa shape index (κ3) is 5.39. The van der Waals surface area contributed by atoms with Crippen LogP contribution in [0.25, 0.3) is 22.2 Å². The molecule has 9 nitrogen and oxygen atoms in total. The minimum atomic E-state index is -0.788. The van der Waals surface area contributed by atoms with E-state index in [0.717, 1.165) is 6.07 Å². The van der Waals surface area contributed by atoms with Crippen molar-refractivity contribution in [3.8, 4) is 34.3 Å². The molecule has 1 N–H and O–H groups in total. The summed E-state index contributed by atoms with van der Waals surface area (Å²) in [7, 11) is 4.46. The van der Waals surface area contributed by atoms with Crippen LogP contribution in [0.3, 0.4) is 0 Å². The third-order valence-electron chi connectivity index (χ3n) is 6.12. The zero-order valence-corrected chi connectivity index (χ0v) is 22.6. The highest BCUT2D eigenvalue weighted by molar-refractivity contribution is 6.32. The minimum absolute atomic E-state index is 0.0317. The standard InChI is InChI=1S/C29H21ClF2N4O5/c1-36-14-18(26(37)24(27(36)30)15-4-6-16(31)7-5-15)28(38)34-17-8-9-21(19(32)12-17)41-22-10-11-33-20-13-23(39-2)29(40-3)35-25(20)22/h4-14H,1-3H3,(H,34,38). The van der Waals surface area contributed by atoms with Crippen molar-refractivity contribution in [2.75, 3.05) is 19.5 Å². The van der Waals surface area contributed by atoms with Gasteiger partial charge in [-0.3, -0.25) is 14.6 Å². The Balaban J connectivity index is 1.42. The molecule has 0 radical (unpaired) electrons. The Morgan fingerprint density at radius 3 is 2.41 bits per heavy atom. The molecule has 0 aliphatic heterocycles. The van der Waals surface area contributed by atoms with Gasteiger partial charge in [0.1, 0.15) is 22.1 Å². The Kier molecular flexibility index (Phi) is 7.54. The van der Waals surface area contributed by atoms with Crippen LogP contribution in [0.15, 0.2) is 71.8 Å². The second kappa shape index (κ2) is 11.2. The lowest BCUT2D eigenvalue weighted by Crippen LogP contribution is -2.25. The number of rotatable bonds is 7. The highest BCUT2D eigenvalue weighted by atomic mass is 35.5. The molecule has 0 saturated heterocycles. The Morgan fingerprint density at radius 2 is 1.73 bits per heavy atom. The number of methoxy groups -OCH3 is 2. The van der Waals surface area contributed by atoms with Crippen LogP contribution >= 0.6 is 11.6 Å². The monoisotopic (exact) mass is 578 g/mol. The first kappa shape index (κ1) is 27.5. The van der Waals surface area contributed by atoms with Gasteiger partial charge in [-0.05, 0) is 29.8 Å². The van der Waals surface area contributed by atoms with Gasteiger partial charge in [-0.25, -0.2) is 13.8 Å². The van der Waals surface area contributed by atoms with E-state index in [1.165, 1.54) is 73.6 Å². The number of fused-ring (bicyclic) bond motifs is 1. The highest BCUT2D eigenvalue weighted by Gasteiger charge is 2.21. The van der Waals surface area contributed by atoms with Gasteiger partial charge >= 0.3 is 0 Å². The van der Waals surface area contributed by atoms with Crippen molar-refractivity contribution in [3.05, 3.63) is 99.6 Å². The number of nitrogens with one attached hydrogen (secondary N) is 1. The lowest BCUT2D eigenvalue weighted by Gasteiger charge is -2.13. The van der Waals surface area contributed by atoms with E-state index in [-0.39, 0.29) is 39.3 Å². The first-order valence-electron chi connectivity index (χ1n) is 12.0. The van der Waals surface area contributed by atoms with Gasteiger partial charge in [-0.2, -0.15) is 0 Å². The Labute approximate surface area is 236 Å². The molecule has 0 saturated carbocycles. The van der Waals surface area contributed by atoms with Crippen LogP contribution < -0.4 is 25.0 Å². The zero-order valence-electron chi connectivity index (χ0n) is 21.9. The highest BCUT2D eigenvalue weighted by Crippen LogP contribution is 2.35. The van der Waals surface area contributed by atoms with Gasteiger partial charge in [0, 0.05) is 43.3 Å². The summed E-state index contributed by atoms with van der Waals surface area (Å²) in [5.41, 5.74) is 0.297. The topological polar surface area (TPSA) is 105 Å². The number of anilines is 1. The van der Waals surface area contributed by atoms with Gasteiger partial charge in [-0.15, -0.1) is 0 Å². The van der Waals surface area contributed by atoms with Crippen molar-refractivity contribution in [2.24, 2.45) is 7.05 Å². The number of aryl methyl sites for hydroxylation is 1. The van der Waals surface area contributed by atoms with Gasteiger partial charge in [-0.1, -0.05) is 23.7 Å². The number of nitrogens with zero attached hydrogens (tertiary/aromatic N) is 3. The number of amides is 1. The summed E-state index contributed by atoms with van der Waals surface area (Å²) in [5.74, 6) is -1.42. The average molecular weight is 579 g/mol. The molecule has 0 aliphatic carbocycles. The first-order valence-corrected chi connectivity index (χ1v) is 12.4. The third-order valence-corrected chi connectivity index (χ3v) is 6.57. The summed E-state index contributed by atoms with van der Waals surface area (Å²) in [6, 6.07) is 12.1. The maximum atomic E-state index is 15.1. The van der Waals surface area contributed by atoms with Crippen molar-refractivity contribution >= 4 is 34.2 Å². The van der Waals surface area contributed by atoms with E-state index in [0.29, 0.717) is 22.3 Å². The molecule has 1 amide bonds. The van der Waals surface area contributed by atoms with Crippen LogP contribution in [0.1, 0.15) is 10.4 Å². The summed E-state index contributed by atoms with van der Waals surface area (Å²) in [5, 5.41) is 2.59. The van der Waals surface area contributed by atoms with Crippen molar-refractivity contribution < 1.29 is 27.8 Å². The first-order chi connectivity index (χ1) is 19.7. The Bertz CT molecular complexity index is 1860. The number of pyridine rings is 3. The fourth-order valence-electron chi connectivity index (χ4n) is 4.11. The molecule has 0 spiro atoms. The summed E-state index contributed by atoms with van der Waals surface area (Å²) < 4.78 is 46.2. The van der Waals surface area contributed by atoms with E-state index >= 15 is 4.39 Å². The van der Waals surface area contributed by atoms with Crippen LogP contribution in [0.5, 0.6) is 23.1 Å². The minimum Gasteiger partial charge on any atom is -0.491 e. The van der Waals surface area contributed by atoms with Crippen LogP contribution in [0.2, 0.25) is 5.15 Å². The Morgan fingerprint density at radius 1 is 0.976 bits per heavy atom. The number of benzene rings is 2. The molecule has 0 aliphatic rings. The fraction of sp³-hybridized carbons (Fsp3) is 0.103. The lowest BCUT2D eigenvalue weighted by molar-refractivity contribution is 0.102. The molecule has 5 rings (SSSR count). The normalized spacial score (nSPS) is 10.9. The molecule has 0 bridgehead atoms. The molecule has 5 aromatic rings. The molecular formula is C29H21ClF2N4O5. The number of hydrogen-bond acceptors (Lipinski definition) is 7. The Hall–Kier alpha value is -5.03. The van der Waals surface area contributed by atoms with E-state index in [1.54, 1.807) is 13.1 Å². The molecule has 3 heterocycles. The fourth-order valence-corrected chi connectivity index (χ4v) is 4.35. The molecule has 0 atom stereocenters. The number of ether oxygens (including phenoxy) is 3. The zero-order chi connectivity index (χ0) is 29.3. The smallest absolute Gasteiger partial charge is 0.261 e. The number of aromatic nitrogens is 3. The van der Waals surface area contributed by atoms with Crippen molar-refractivity contribution in [1.82, 2.24) is 14.5 Å². The van der Waals surface area contributed by atoms with Crippen molar-refractivity contribution in [1.29, 1.82) is 0 Å². The van der Waals surface area contributed by atoms with E-state index in [9.17, 15) is 14.0 Å². The van der Waals surface area contributed by atoms with Gasteiger partial charge in [0.05, 0.1) is 25.3 Å². The SMILES string of the molecule is COc1cc2nccc(Oc3ccc(NC(=O)c4cn(C)c(Cl)c(-c5ccc(F)cc5)c4=O)cc3F)c2nc1OC. The molecular weight excluding hydrogens is 558 g/mol. The largest absolute Gasteiger partial charge is 0.491 e. The van der Waals surface area contributed by atoms with Crippen LogP contribution in [0.4, 0.5) is 14.5 Å². The van der Waals surface area contributed by atoms with Crippen LogP contribution in [-0.4, -0.2) is 34.7 Å². The molecule has 12 heteroatoms. The molecule has 208 valence electrons. The second-order valence-corrected chi connectivity index (χ2v) is 9.09. The van der Waals surface area contributed by atoms with Crippen LogP contribution in [-0.2, 0) is 7.05 Å². The molecule has 3 aromatic heterocycles. The summed E-state index contributed by atoms with van der Waals surface area (Å²) in [6.45, 7) is 0. The van der Waals surface area contributed by atoms with Crippen molar-refractivity contribution in [3.63, 3.8) is 0 Å². The van der Waals surface area contributed by atoms with E-state index in [2.05, 4.69) is 15.3 Å². The van der Waals surface area contributed by atoms with E-state index in [1.807, 2.05) is 0 Å². The number of hydrogen-bond donors (Lipinski definition) is 1. The van der Waals surface area contributed by atoms with E-state index < -0.39 is 23.0 Å². The molecule has 0 fully saturated rings. The maximum Gasteiger partial charge on any atom is 0.261 e. The number of carbonyl (C=O) groups excluding carboxylic acids is 1. The number of halogens is 3. The summed E-state index contributed by atoms with van der Waals surface area (Å²) in [6.07, 6.45) is 2.75. The summed E-state index contributed by atoms with van der Waals surface area (Å²) in [4.78, 5) is 34.9. The summed E-state index contributed by atoms with van der Waals surface area (Å²) >= 11 is 6.34. The number of carbonyl (C=O) groups is 1. The average Bonchev–Trinajstić information content (AvgIpc) is 2.96. The second-order valence-electron chi connectivity index (χ2n) is 8.73. The van der Waals surface area contributed by atoms with Crippen molar-refractivity contribution in [2.45, 2.75) is 0 Å². The van der Waals surface area contributed by atoms with Gasteiger partial charge < -0.3 is 24.1 Å². The molecule has 2 aromatic carbocycles. The van der Waals surface area contributed by atoms with Gasteiger partial charge in [0.15, 0.2) is 23.1 Å². The molecule has 0 unspecified atom stereocenters. The van der Waals surface area contributed by atoms with Crippen LogP contribution in [0, 0.1) is 11.6 Å². The van der Waals surface area contributed by atoms with Gasteiger partial charge in [0.2, 0.25) is 5.43 Å². The van der Waals surface area contributed by atoms with E-state index in [4.69, 9.17) is 25.8 Å². The lowest BCUT2D eigenvalue weighted by atomic mass is 10.0. The van der Waals surface area contributed by atoms with Gasteiger partial charge in [0.25, 0.3) is 11.8 Å². The predicted octanol–water partition coefficient (Wildman–Crippen LogP) is 5.99.